The molecular formula is C9H13N5S. The van der Waals surface area contributed by atoms with Gasteiger partial charge in [0, 0.05) is 4.88 Å². The van der Waals surface area contributed by atoms with Crippen LogP contribution < -0.4 is 11.3 Å². The first kappa shape index (κ1) is 10.3. The van der Waals surface area contributed by atoms with Gasteiger partial charge in [0.1, 0.15) is 12.2 Å². The minimum absolute atomic E-state index is 0.0367. The molecule has 0 bridgehead atoms. The van der Waals surface area contributed by atoms with Gasteiger partial charge < -0.3 is 0 Å². The van der Waals surface area contributed by atoms with E-state index < -0.39 is 0 Å². The molecular weight excluding hydrogens is 210 g/mol. The smallest absolute Gasteiger partial charge is 0.142 e. The molecule has 0 amide bonds. The van der Waals surface area contributed by atoms with Crippen molar-refractivity contribution in [3.05, 3.63) is 34.5 Å². The molecule has 0 saturated heterocycles. The summed E-state index contributed by atoms with van der Waals surface area (Å²) >= 11 is 1.76. The number of rotatable bonds is 5. The molecule has 0 saturated carbocycles. The van der Waals surface area contributed by atoms with Crippen molar-refractivity contribution in [1.29, 1.82) is 0 Å². The second-order valence-corrected chi connectivity index (χ2v) is 4.24. The van der Waals surface area contributed by atoms with E-state index in [-0.39, 0.29) is 6.04 Å². The van der Waals surface area contributed by atoms with Crippen molar-refractivity contribution < 1.29 is 0 Å². The minimum Gasteiger partial charge on any atom is -0.271 e. The summed E-state index contributed by atoms with van der Waals surface area (Å²) in [7, 11) is 0. The lowest BCUT2D eigenvalue weighted by Crippen LogP contribution is -2.29. The summed E-state index contributed by atoms with van der Waals surface area (Å²) in [6, 6.07) is 4.22. The van der Waals surface area contributed by atoms with Crippen molar-refractivity contribution in [3.8, 4) is 0 Å². The van der Waals surface area contributed by atoms with Gasteiger partial charge in [-0.3, -0.25) is 10.9 Å². The maximum atomic E-state index is 5.47. The third-order valence-corrected chi connectivity index (χ3v) is 3.16. The Hall–Kier alpha value is -1.24. The van der Waals surface area contributed by atoms with Crippen molar-refractivity contribution in [1.82, 2.24) is 20.6 Å². The zero-order chi connectivity index (χ0) is 10.5. The van der Waals surface area contributed by atoms with Crippen LogP contribution in [0, 0.1) is 0 Å². The summed E-state index contributed by atoms with van der Waals surface area (Å²) in [5, 5.41) is 8.70. The number of thiophene rings is 1. The Bertz CT molecular complexity index is 369. The molecule has 0 aliphatic rings. The van der Waals surface area contributed by atoms with Crippen LogP contribution in [-0.2, 0) is 6.42 Å². The number of hydrogen-bond acceptors (Lipinski definition) is 5. The summed E-state index contributed by atoms with van der Waals surface area (Å²) in [4.78, 5) is 5.44. The van der Waals surface area contributed by atoms with E-state index in [1.165, 1.54) is 11.2 Å². The van der Waals surface area contributed by atoms with Crippen LogP contribution in [0.25, 0.3) is 0 Å². The molecule has 80 valence electrons. The second kappa shape index (κ2) is 5.01. The lowest BCUT2D eigenvalue weighted by atomic mass is 10.1. The Morgan fingerprint density at radius 2 is 2.53 bits per heavy atom. The minimum atomic E-state index is 0.0367. The molecule has 0 spiro atoms. The molecule has 2 heterocycles. The Labute approximate surface area is 91.7 Å². The van der Waals surface area contributed by atoms with Gasteiger partial charge in [0.25, 0.3) is 0 Å². The highest BCUT2D eigenvalue weighted by molar-refractivity contribution is 7.09. The number of nitrogens with two attached hydrogens (primary N) is 1. The molecule has 1 atom stereocenters. The summed E-state index contributed by atoms with van der Waals surface area (Å²) in [6.07, 6.45) is 3.39. The number of nitrogens with zero attached hydrogens (tertiary/aromatic N) is 2. The molecule has 0 aliphatic carbocycles. The van der Waals surface area contributed by atoms with Gasteiger partial charge in [0.15, 0.2) is 0 Å². The molecule has 2 aromatic rings. The van der Waals surface area contributed by atoms with E-state index in [0.29, 0.717) is 0 Å². The molecule has 0 fully saturated rings. The Balaban J connectivity index is 1.92. The highest BCUT2D eigenvalue weighted by Gasteiger charge is 2.12. The van der Waals surface area contributed by atoms with E-state index in [9.17, 15) is 0 Å². The van der Waals surface area contributed by atoms with Gasteiger partial charge in [-0.05, 0) is 24.3 Å². The molecule has 4 N–H and O–H groups in total. The van der Waals surface area contributed by atoms with E-state index in [4.69, 9.17) is 5.84 Å². The average Bonchev–Trinajstić information content (AvgIpc) is 2.90. The van der Waals surface area contributed by atoms with Crippen LogP contribution in [0.15, 0.2) is 23.8 Å². The first-order chi connectivity index (χ1) is 7.40. The van der Waals surface area contributed by atoms with Crippen molar-refractivity contribution in [2.45, 2.75) is 18.9 Å². The van der Waals surface area contributed by atoms with Crippen molar-refractivity contribution in [3.63, 3.8) is 0 Å². The SMILES string of the molecule is NNC(CCc1cccs1)c1ncn[nH]1. The van der Waals surface area contributed by atoms with E-state index in [0.717, 1.165) is 18.7 Å². The van der Waals surface area contributed by atoms with Gasteiger partial charge in [0.2, 0.25) is 0 Å². The number of H-pyrrole nitrogens is 1. The fourth-order valence-corrected chi connectivity index (χ4v) is 2.15. The highest BCUT2D eigenvalue weighted by atomic mass is 32.1. The summed E-state index contributed by atoms with van der Waals surface area (Å²) in [5.74, 6) is 6.26. The third-order valence-electron chi connectivity index (χ3n) is 2.22. The lowest BCUT2D eigenvalue weighted by molar-refractivity contribution is 0.494. The van der Waals surface area contributed by atoms with Gasteiger partial charge in [0.05, 0.1) is 6.04 Å². The van der Waals surface area contributed by atoms with E-state index >= 15 is 0 Å². The van der Waals surface area contributed by atoms with Crippen molar-refractivity contribution in [2.24, 2.45) is 5.84 Å². The predicted octanol–water partition coefficient (Wildman–Crippen LogP) is 1.00. The Morgan fingerprint density at radius 1 is 1.60 bits per heavy atom. The van der Waals surface area contributed by atoms with Gasteiger partial charge in [-0.15, -0.1) is 11.3 Å². The second-order valence-electron chi connectivity index (χ2n) is 3.21. The highest BCUT2D eigenvalue weighted by Crippen LogP contribution is 2.17. The molecule has 6 heteroatoms. The number of aromatic amines is 1. The fourth-order valence-electron chi connectivity index (χ4n) is 1.42. The van der Waals surface area contributed by atoms with E-state index in [2.05, 4.69) is 38.1 Å². The summed E-state index contributed by atoms with van der Waals surface area (Å²) in [5.41, 5.74) is 2.74. The quantitative estimate of drug-likeness (QED) is 0.522. The van der Waals surface area contributed by atoms with Gasteiger partial charge in [-0.1, -0.05) is 6.07 Å². The van der Waals surface area contributed by atoms with Gasteiger partial charge in [-0.2, -0.15) is 5.10 Å². The first-order valence-electron chi connectivity index (χ1n) is 4.74. The van der Waals surface area contributed by atoms with Crippen molar-refractivity contribution >= 4 is 11.3 Å². The number of hydrogen-bond donors (Lipinski definition) is 3. The van der Waals surface area contributed by atoms with Crippen LogP contribution in [0.2, 0.25) is 0 Å². The Kier molecular flexibility index (Phi) is 3.44. The van der Waals surface area contributed by atoms with Gasteiger partial charge in [-0.25, -0.2) is 10.4 Å². The first-order valence-corrected chi connectivity index (χ1v) is 5.62. The predicted molar refractivity (Wildman–Crippen MR) is 59.1 cm³/mol. The zero-order valence-electron chi connectivity index (χ0n) is 8.18. The van der Waals surface area contributed by atoms with Gasteiger partial charge >= 0.3 is 0 Å². The molecule has 2 aromatic heterocycles. The maximum absolute atomic E-state index is 5.47. The number of hydrazine groups is 1. The number of nitrogens with one attached hydrogen (secondary N) is 2. The van der Waals surface area contributed by atoms with Crippen LogP contribution in [0.4, 0.5) is 0 Å². The van der Waals surface area contributed by atoms with Crippen LogP contribution in [0.5, 0.6) is 0 Å². The van der Waals surface area contributed by atoms with Crippen LogP contribution in [-0.4, -0.2) is 15.2 Å². The molecule has 0 radical (unpaired) electrons. The number of aryl methyl sites for hydroxylation is 1. The van der Waals surface area contributed by atoms with Crippen LogP contribution in [0.3, 0.4) is 0 Å². The monoisotopic (exact) mass is 223 g/mol. The molecule has 2 rings (SSSR count). The number of aromatic nitrogens is 3. The molecule has 0 aliphatic heterocycles. The largest absolute Gasteiger partial charge is 0.271 e. The third kappa shape index (κ3) is 2.62. The van der Waals surface area contributed by atoms with Crippen LogP contribution in [0.1, 0.15) is 23.2 Å². The van der Waals surface area contributed by atoms with Crippen molar-refractivity contribution in [2.75, 3.05) is 0 Å². The van der Waals surface area contributed by atoms with Crippen LogP contribution >= 0.6 is 11.3 Å². The average molecular weight is 223 g/mol. The van der Waals surface area contributed by atoms with E-state index in [1.54, 1.807) is 11.3 Å². The normalized spacial score (nSPS) is 12.9. The topological polar surface area (TPSA) is 79.6 Å². The van der Waals surface area contributed by atoms with E-state index in [1.807, 2.05) is 0 Å². The Morgan fingerprint density at radius 3 is 3.13 bits per heavy atom. The molecule has 15 heavy (non-hydrogen) atoms. The summed E-state index contributed by atoms with van der Waals surface area (Å²) < 4.78 is 0. The fraction of sp³-hybridized carbons (Fsp3) is 0.333. The molecule has 0 aromatic carbocycles. The maximum Gasteiger partial charge on any atom is 0.142 e. The standard InChI is InChI=1S/C9H13N5S/c10-13-8(9-11-6-12-14-9)4-3-7-2-1-5-15-7/h1-2,5-6,8,13H,3-4,10H2,(H,11,12,14). The lowest BCUT2D eigenvalue weighted by Gasteiger charge is -2.11. The molecule has 5 nitrogen and oxygen atoms in total. The summed E-state index contributed by atoms with van der Waals surface area (Å²) in [6.45, 7) is 0. The molecule has 1 unspecified atom stereocenters. The zero-order valence-corrected chi connectivity index (χ0v) is 9.00.